The van der Waals surface area contributed by atoms with Gasteiger partial charge in [-0.25, -0.2) is 0 Å². The highest BCUT2D eigenvalue weighted by molar-refractivity contribution is 5.75. The molecule has 3 heteroatoms. The number of hydrogen-bond donors (Lipinski definition) is 2. The third kappa shape index (κ3) is 6.39. The minimum absolute atomic E-state index is 0.00410. The number of hydrogen-bond acceptors (Lipinski definition) is 2. The van der Waals surface area contributed by atoms with Crippen LogP contribution >= 0.6 is 0 Å². The van der Waals surface area contributed by atoms with Gasteiger partial charge in [0.25, 0.3) is 0 Å². The highest BCUT2D eigenvalue weighted by Crippen LogP contribution is 2.28. The lowest BCUT2D eigenvalue weighted by atomic mass is 9.89. The van der Waals surface area contributed by atoms with Crippen LogP contribution in [0.3, 0.4) is 0 Å². The van der Waals surface area contributed by atoms with Crippen LogP contribution in [0.2, 0.25) is 0 Å². The second kappa shape index (κ2) is 7.78. The Kier molecular flexibility index (Phi) is 6.69. The van der Waals surface area contributed by atoms with E-state index in [2.05, 4.69) is 19.2 Å². The summed E-state index contributed by atoms with van der Waals surface area (Å²) < 4.78 is 0. The van der Waals surface area contributed by atoms with Crippen LogP contribution in [0.25, 0.3) is 0 Å². The number of carbonyl (C=O) groups is 1. The van der Waals surface area contributed by atoms with Gasteiger partial charge in [-0.3, -0.25) is 4.79 Å². The summed E-state index contributed by atoms with van der Waals surface area (Å²) in [6.07, 6.45) is 9.13. The van der Waals surface area contributed by atoms with Gasteiger partial charge in [0.2, 0.25) is 5.91 Å². The maximum Gasteiger partial charge on any atom is 0.220 e. The van der Waals surface area contributed by atoms with Crippen molar-refractivity contribution >= 4 is 5.91 Å². The van der Waals surface area contributed by atoms with E-state index >= 15 is 0 Å². The van der Waals surface area contributed by atoms with E-state index in [0.717, 1.165) is 18.8 Å². The zero-order valence-electron chi connectivity index (χ0n) is 12.0. The summed E-state index contributed by atoms with van der Waals surface area (Å²) in [4.78, 5) is 11.7. The second-order valence-electron chi connectivity index (χ2n) is 6.46. The maximum atomic E-state index is 11.7. The molecule has 1 amide bonds. The van der Waals surface area contributed by atoms with Crippen LogP contribution < -0.4 is 5.32 Å². The van der Waals surface area contributed by atoms with Crippen molar-refractivity contribution in [3.63, 3.8) is 0 Å². The van der Waals surface area contributed by atoms with E-state index in [0.29, 0.717) is 13.0 Å². The first-order valence-corrected chi connectivity index (χ1v) is 7.41. The van der Waals surface area contributed by atoms with Gasteiger partial charge in [0.1, 0.15) is 0 Å². The predicted molar refractivity (Wildman–Crippen MR) is 74.3 cm³/mol. The molecule has 0 aromatic rings. The molecule has 0 bridgehead atoms. The van der Waals surface area contributed by atoms with Gasteiger partial charge >= 0.3 is 0 Å². The van der Waals surface area contributed by atoms with E-state index < -0.39 is 0 Å². The number of aliphatic hydroxyl groups is 1. The van der Waals surface area contributed by atoms with Crippen molar-refractivity contribution < 1.29 is 9.90 Å². The van der Waals surface area contributed by atoms with Crippen molar-refractivity contribution in [2.24, 2.45) is 11.3 Å². The molecule has 0 saturated heterocycles. The Bertz CT molecular complexity index is 245. The smallest absolute Gasteiger partial charge is 0.220 e. The highest BCUT2D eigenvalue weighted by atomic mass is 16.3. The van der Waals surface area contributed by atoms with Crippen LogP contribution in [0, 0.1) is 11.3 Å². The van der Waals surface area contributed by atoms with Crippen molar-refractivity contribution in [2.75, 3.05) is 13.2 Å². The molecule has 0 radical (unpaired) electrons. The van der Waals surface area contributed by atoms with E-state index in [-0.39, 0.29) is 17.9 Å². The molecule has 3 nitrogen and oxygen atoms in total. The Morgan fingerprint density at radius 2 is 2.00 bits per heavy atom. The highest BCUT2D eigenvalue weighted by Gasteiger charge is 2.18. The van der Waals surface area contributed by atoms with E-state index in [1.807, 2.05) is 0 Å². The Balaban J connectivity index is 2.06. The lowest BCUT2D eigenvalue weighted by Crippen LogP contribution is -2.34. The van der Waals surface area contributed by atoms with Crippen LogP contribution in [0.5, 0.6) is 0 Å². The summed E-state index contributed by atoms with van der Waals surface area (Å²) in [5, 5.41) is 11.9. The average molecular weight is 255 g/mol. The maximum absolute atomic E-state index is 11.7. The average Bonchev–Trinajstić information content (AvgIpc) is 2.79. The molecule has 0 aliphatic heterocycles. The molecule has 2 N–H and O–H groups in total. The first kappa shape index (κ1) is 15.5. The van der Waals surface area contributed by atoms with Crippen molar-refractivity contribution in [3.8, 4) is 0 Å². The van der Waals surface area contributed by atoms with Gasteiger partial charge < -0.3 is 10.4 Å². The molecular formula is C15H29NO2. The fourth-order valence-electron chi connectivity index (χ4n) is 2.67. The van der Waals surface area contributed by atoms with E-state index in [1.54, 1.807) is 0 Å². The molecule has 1 aliphatic rings. The molecule has 0 aromatic carbocycles. The zero-order chi connectivity index (χ0) is 13.4. The Hall–Kier alpha value is -0.570. The van der Waals surface area contributed by atoms with Crippen molar-refractivity contribution in [1.29, 1.82) is 0 Å². The van der Waals surface area contributed by atoms with Crippen LogP contribution in [0.1, 0.15) is 65.2 Å². The van der Waals surface area contributed by atoms with Gasteiger partial charge in [0.15, 0.2) is 0 Å². The number of amides is 1. The van der Waals surface area contributed by atoms with Gasteiger partial charge in [0, 0.05) is 19.6 Å². The molecule has 0 aromatic heterocycles. The van der Waals surface area contributed by atoms with Gasteiger partial charge in [-0.15, -0.1) is 0 Å². The molecule has 0 atom stereocenters. The zero-order valence-corrected chi connectivity index (χ0v) is 12.0. The number of carbonyl (C=O) groups excluding carboxylic acids is 1. The molecular weight excluding hydrogens is 226 g/mol. The van der Waals surface area contributed by atoms with Crippen molar-refractivity contribution in [2.45, 2.75) is 65.2 Å². The van der Waals surface area contributed by atoms with Crippen molar-refractivity contribution in [3.05, 3.63) is 0 Å². The van der Waals surface area contributed by atoms with Crippen LogP contribution in [0.4, 0.5) is 0 Å². The molecule has 18 heavy (non-hydrogen) atoms. The number of aliphatic hydroxyl groups excluding tert-OH is 1. The van der Waals surface area contributed by atoms with Gasteiger partial charge in [-0.05, 0) is 30.6 Å². The quantitative estimate of drug-likeness (QED) is 0.700. The van der Waals surface area contributed by atoms with Crippen molar-refractivity contribution in [1.82, 2.24) is 5.32 Å². The molecule has 0 spiro atoms. The monoisotopic (exact) mass is 255 g/mol. The molecule has 1 aliphatic carbocycles. The van der Waals surface area contributed by atoms with E-state index in [9.17, 15) is 4.79 Å². The number of nitrogens with one attached hydrogen (secondary N) is 1. The Morgan fingerprint density at radius 1 is 1.33 bits per heavy atom. The molecule has 0 unspecified atom stereocenters. The minimum Gasteiger partial charge on any atom is -0.396 e. The molecule has 1 saturated carbocycles. The largest absolute Gasteiger partial charge is 0.396 e. The number of rotatable bonds is 8. The second-order valence-corrected chi connectivity index (χ2v) is 6.46. The lowest BCUT2D eigenvalue weighted by molar-refractivity contribution is -0.121. The third-order valence-corrected chi connectivity index (χ3v) is 4.04. The predicted octanol–water partition coefficient (Wildman–Crippen LogP) is 2.87. The van der Waals surface area contributed by atoms with E-state index in [1.165, 1.54) is 32.1 Å². The SMILES string of the molecule is CC(C)(CCO)CNC(=O)CCCC1CCCC1. The molecule has 1 fully saturated rings. The van der Waals surface area contributed by atoms with Gasteiger partial charge in [-0.1, -0.05) is 39.5 Å². The minimum atomic E-state index is -0.00410. The Labute approximate surface area is 111 Å². The summed E-state index contributed by atoms with van der Waals surface area (Å²) in [5.74, 6) is 1.04. The lowest BCUT2D eigenvalue weighted by Gasteiger charge is -2.23. The first-order chi connectivity index (χ1) is 8.53. The van der Waals surface area contributed by atoms with Gasteiger partial charge in [-0.2, -0.15) is 0 Å². The summed E-state index contributed by atoms with van der Waals surface area (Å²) in [6.45, 7) is 4.99. The van der Waals surface area contributed by atoms with Crippen LogP contribution in [-0.2, 0) is 4.79 Å². The van der Waals surface area contributed by atoms with Crippen LogP contribution in [0.15, 0.2) is 0 Å². The molecule has 1 rings (SSSR count). The topological polar surface area (TPSA) is 49.3 Å². The third-order valence-electron chi connectivity index (χ3n) is 4.04. The summed E-state index contributed by atoms with van der Waals surface area (Å²) in [5.41, 5.74) is -0.00410. The molecule has 106 valence electrons. The summed E-state index contributed by atoms with van der Waals surface area (Å²) in [7, 11) is 0. The fourth-order valence-corrected chi connectivity index (χ4v) is 2.67. The Morgan fingerprint density at radius 3 is 2.61 bits per heavy atom. The van der Waals surface area contributed by atoms with Crippen LogP contribution in [-0.4, -0.2) is 24.2 Å². The van der Waals surface area contributed by atoms with E-state index in [4.69, 9.17) is 5.11 Å². The summed E-state index contributed by atoms with van der Waals surface area (Å²) >= 11 is 0. The summed E-state index contributed by atoms with van der Waals surface area (Å²) in [6, 6.07) is 0. The fraction of sp³-hybridized carbons (Fsp3) is 0.933. The standard InChI is InChI=1S/C15H29NO2/c1-15(2,10-11-17)12-16-14(18)9-5-8-13-6-3-4-7-13/h13,17H,3-12H2,1-2H3,(H,16,18). The van der Waals surface area contributed by atoms with Gasteiger partial charge in [0.05, 0.1) is 0 Å². The first-order valence-electron chi connectivity index (χ1n) is 7.41. The molecule has 0 heterocycles. The normalized spacial score (nSPS) is 17.1.